The molecule has 1 aromatic heterocycles. The van der Waals surface area contributed by atoms with Crippen LogP contribution in [0, 0.1) is 0 Å². The fourth-order valence-corrected chi connectivity index (χ4v) is 7.17. The summed E-state index contributed by atoms with van der Waals surface area (Å²) in [5, 5.41) is 6.61. The summed E-state index contributed by atoms with van der Waals surface area (Å²) in [4.78, 5) is 0. The van der Waals surface area contributed by atoms with E-state index in [-0.39, 0.29) is 6.23 Å². The summed E-state index contributed by atoms with van der Waals surface area (Å²) in [6.07, 6.45) is -0.277. The molecule has 7 aromatic carbocycles. The molecule has 0 bridgehead atoms. The average molecular weight is 625 g/mol. The Bertz CT molecular complexity index is 2370. The van der Waals surface area contributed by atoms with Gasteiger partial charge in [0.15, 0.2) is 6.23 Å². The Morgan fingerprint density at radius 2 is 1.00 bits per heavy atom. The Morgan fingerprint density at radius 1 is 0.489 bits per heavy atom. The lowest BCUT2D eigenvalue weighted by molar-refractivity contribution is 0.260. The minimum Gasteiger partial charge on any atom is -0.464 e. The van der Waals surface area contributed by atoms with Crippen LogP contribution < -0.4 is 10.1 Å². The summed E-state index contributed by atoms with van der Waals surface area (Å²) in [5.74, 6) is 0.775. The normalized spacial score (nSPS) is 13.8. The minimum atomic E-state index is -0.277. The standard InChI is InChI=1S/C43H29ClN2O/c44-38-16-9-19-41-42(38)45-43(47-41)30-22-20-28(21-23-30)32-10-1-3-12-34(32)35-13-4-2-11-33(35)29-24-26-31(27-25-29)46-39-17-7-5-14-36(39)37-15-6-8-18-40(37)46/h1-27,43,45H. The molecule has 0 amide bonds. The fraction of sp³-hybridized carbons (Fsp3) is 0.0233. The number of fused-ring (bicyclic) bond motifs is 4. The van der Waals surface area contributed by atoms with E-state index in [4.69, 9.17) is 16.3 Å². The van der Waals surface area contributed by atoms with Gasteiger partial charge in [-0.3, -0.25) is 0 Å². The predicted octanol–water partition coefficient (Wildman–Crippen LogP) is 11.9. The summed E-state index contributed by atoms with van der Waals surface area (Å²) >= 11 is 6.39. The highest BCUT2D eigenvalue weighted by Crippen LogP contribution is 2.43. The maximum absolute atomic E-state index is 6.39. The lowest BCUT2D eigenvalue weighted by Crippen LogP contribution is -2.09. The number of rotatable bonds is 5. The van der Waals surface area contributed by atoms with Crippen LogP contribution in [0.5, 0.6) is 5.75 Å². The average Bonchev–Trinajstić information content (AvgIpc) is 3.73. The summed E-state index contributed by atoms with van der Waals surface area (Å²) in [6, 6.07) is 57.9. The molecule has 1 aliphatic heterocycles. The van der Waals surface area contributed by atoms with Crippen LogP contribution in [0.4, 0.5) is 5.69 Å². The Balaban J connectivity index is 1.06. The molecule has 0 fully saturated rings. The van der Waals surface area contributed by atoms with Crippen LogP contribution >= 0.6 is 11.6 Å². The Hall–Kier alpha value is -5.77. The molecule has 9 rings (SSSR count). The SMILES string of the molecule is Clc1cccc2c1NC(c1ccc(-c3ccccc3-c3ccccc3-c3ccc(-n4c5ccccc5c5ccccc54)cc3)cc1)O2. The monoisotopic (exact) mass is 624 g/mol. The largest absolute Gasteiger partial charge is 0.464 e. The van der Waals surface area contributed by atoms with Crippen molar-refractivity contribution in [3.8, 4) is 44.8 Å². The molecular formula is C43H29ClN2O. The molecule has 0 spiro atoms. The highest BCUT2D eigenvalue weighted by molar-refractivity contribution is 6.33. The lowest BCUT2D eigenvalue weighted by atomic mass is 9.89. The van der Waals surface area contributed by atoms with Crippen molar-refractivity contribution in [3.63, 3.8) is 0 Å². The quantitative estimate of drug-likeness (QED) is 0.206. The maximum atomic E-state index is 6.39. The summed E-state index contributed by atoms with van der Waals surface area (Å²) in [6.45, 7) is 0. The van der Waals surface area contributed by atoms with Gasteiger partial charge >= 0.3 is 0 Å². The zero-order chi connectivity index (χ0) is 31.3. The number of para-hydroxylation sites is 3. The maximum Gasteiger partial charge on any atom is 0.196 e. The molecule has 1 N–H and O–H groups in total. The van der Waals surface area contributed by atoms with E-state index in [9.17, 15) is 0 Å². The molecule has 0 aliphatic carbocycles. The first-order valence-electron chi connectivity index (χ1n) is 15.8. The second-order valence-electron chi connectivity index (χ2n) is 11.9. The molecule has 1 atom stereocenters. The fourth-order valence-electron chi connectivity index (χ4n) is 6.95. The summed E-state index contributed by atoms with van der Waals surface area (Å²) in [5.41, 5.74) is 12.6. The van der Waals surface area contributed by atoms with Crippen LogP contribution in [0.25, 0.3) is 60.9 Å². The first-order valence-corrected chi connectivity index (χ1v) is 16.2. The van der Waals surface area contributed by atoms with Gasteiger partial charge in [0.25, 0.3) is 0 Å². The predicted molar refractivity (Wildman–Crippen MR) is 196 cm³/mol. The summed E-state index contributed by atoms with van der Waals surface area (Å²) in [7, 11) is 0. The second-order valence-corrected chi connectivity index (χ2v) is 12.3. The van der Waals surface area contributed by atoms with E-state index in [1.54, 1.807) is 0 Å². The van der Waals surface area contributed by atoms with Gasteiger partial charge < -0.3 is 14.6 Å². The smallest absolute Gasteiger partial charge is 0.196 e. The molecule has 1 unspecified atom stereocenters. The number of benzene rings is 7. The highest BCUT2D eigenvalue weighted by atomic mass is 35.5. The molecule has 1 aliphatic rings. The van der Waals surface area contributed by atoms with Crippen molar-refractivity contribution in [2.75, 3.05) is 5.32 Å². The van der Waals surface area contributed by atoms with Gasteiger partial charge in [-0.1, -0.05) is 139 Å². The third-order valence-electron chi connectivity index (χ3n) is 9.18. The Morgan fingerprint density at radius 3 is 1.57 bits per heavy atom. The van der Waals surface area contributed by atoms with Crippen LogP contribution in [-0.4, -0.2) is 4.57 Å². The number of aromatic nitrogens is 1. The van der Waals surface area contributed by atoms with Crippen LogP contribution in [0.3, 0.4) is 0 Å². The van der Waals surface area contributed by atoms with E-state index >= 15 is 0 Å². The van der Waals surface area contributed by atoms with E-state index in [0.717, 1.165) is 28.3 Å². The third-order valence-corrected chi connectivity index (χ3v) is 9.50. The van der Waals surface area contributed by atoms with E-state index in [0.29, 0.717) is 5.02 Å². The van der Waals surface area contributed by atoms with Crippen molar-refractivity contribution in [1.29, 1.82) is 0 Å². The number of hydrogen-bond acceptors (Lipinski definition) is 2. The van der Waals surface area contributed by atoms with E-state index in [2.05, 4.69) is 155 Å². The first-order chi connectivity index (χ1) is 23.2. The van der Waals surface area contributed by atoms with Crippen molar-refractivity contribution in [3.05, 3.63) is 174 Å². The van der Waals surface area contributed by atoms with E-state index < -0.39 is 0 Å². The van der Waals surface area contributed by atoms with Crippen molar-refractivity contribution < 1.29 is 4.74 Å². The molecule has 224 valence electrons. The highest BCUT2D eigenvalue weighted by Gasteiger charge is 2.25. The van der Waals surface area contributed by atoms with Crippen molar-refractivity contribution in [2.24, 2.45) is 0 Å². The van der Waals surface area contributed by atoms with Gasteiger partial charge in [0, 0.05) is 22.0 Å². The number of nitrogens with one attached hydrogen (secondary N) is 1. The molecule has 0 radical (unpaired) electrons. The molecule has 4 heteroatoms. The van der Waals surface area contributed by atoms with Gasteiger partial charge in [0.1, 0.15) is 5.75 Å². The number of anilines is 1. The number of nitrogens with zero attached hydrogens (tertiary/aromatic N) is 1. The molecule has 0 saturated heterocycles. The zero-order valence-electron chi connectivity index (χ0n) is 25.4. The molecular weight excluding hydrogens is 596 g/mol. The van der Waals surface area contributed by atoms with E-state index in [1.165, 1.54) is 49.6 Å². The molecule has 0 saturated carbocycles. The van der Waals surface area contributed by atoms with E-state index in [1.807, 2.05) is 18.2 Å². The summed E-state index contributed by atoms with van der Waals surface area (Å²) < 4.78 is 8.51. The van der Waals surface area contributed by atoms with Gasteiger partial charge in [-0.15, -0.1) is 0 Å². The second kappa shape index (κ2) is 11.2. The Labute approximate surface area is 278 Å². The molecule has 8 aromatic rings. The first kappa shape index (κ1) is 27.5. The molecule has 47 heavy (non-hydrogen) atoms. The van der Waals surface area contributed by atoms with Gasteiger partial charge in [-0.05, 0) is 69.8 Å². The van der Waals surface area contributed by atoms with Crippen LogP contribution in [0.15, 0.2) is 164 Å². The number of halogens is 1. The lowest BCUT2D eigenvalue weighted by Gasteiger charge is -2.16. The molecule has 3 nitrogen and oxygen atoms in total. The van der Waals surface area contributed by atoms with Gasteiger partial charge in [0.2, 0.25) is 0 Å². The topological polar surface area (TPSA) is 26.2 Å². The minimum absolute atomic E-state index is 0.277. The van der Waals surface area contributed by atoms with Crippen LogP contribution in [-0.2, 0) is 0 Å². The van der Waals surface area contributed by atoms with Crippen molar-refractivity contribution in [1.82, 2.24) is 4.57 Å². The van der Waals surface area contributed by atoms with Crippen molar-refractivity contribution in [2.45, 2.75) is 6.23 Å². The molecule has 2 heterocycles. The van der Waals surface area contributed by atoms with Crippen molar-refractivity contribution >= 4 is 39.1 Å². The third kappa shape index (κ3) is 4.67. The van der Waals surface area contributed by atoms with Crippen LogP contribution in [0.1, 0.15) is 11.8 Å². The zero-order valence-corrected chi connectivity index (χ0v) is 26.2. The van der Waals surface area contributed by atoms with Crippen LogP contribution in [0.2, 0.25) is 5.02 Å². The Kier molecular flexibility index (Phi) is 6.58. The van der Waals surface area contributed by atoms with Gasteiger partial charge in [-0.25, -0.2) is 0 Å². The van der Waals surface area contributed by atoms with Gasteiger partial charge in [-0.2, -0.15) is 0 Å². The van der Waals surface area contributed by atoms with Gasteiger partial charge in [0.05, 0.1) is 21.7 Å². The number of hydrogen-bond donors (Lipinski definition) is 1. The number of ether oxygens (including phenoxy) is 1.